The largest absolute Gasteiger partial charge is 0.477 e. The summed E-state index contributed by atoms with van der Waals surface area (Å²) in [6.07, 6.45) is -0.667. The second kappa shape index (κ2) is 9.00. The smallest absolute Gasteiger partial charge is 0.262 e. The topological polar surface area (TPSA) is 70.7 Å². The molecule has 1 aliphatic rings. The maximum Gasteiger partial charge on any atom is 0.262 e. The molecule has 0 saturated carbocycles. The van der Waals surface area contributed by atoms with Gasteiger partial charge in [-0.15, -0.1) is 11.3 Å². The first-order valence-corrected chi connectivity index (χ1v) is 10.6. The van der Waals surface area contributed by atoms with Crippen LogP contribution in [0.2, 0.25) is 0 Å². The zero-order valence-electron chi connectivity index (χ0n) is 16.6. The zero-order valence-corrected chi connectivity index (χ0v) is 17.4. The normalized spacial score (nSPS) is 16.2. The van der Waals surface area contributed by atoms with E-state index in [-0.39, 0.29) is 24.4 Å². The van der Waals surface area contributed by atoms with Crippen LogP contribution in [0.15, 0.2) is 72.1 Å². The Balaban J connectivity index is 1.54. The number of fused-ring (bicyclic) bond motifs is 1. The third kappa shape index (κ3) is 4.31. The van der Waals surface area contributed by atoms with Crippen molar-refractivity contribution in [3.63, 3.8) is 0 Å². The van der Waals surface area contributed by atoms with Gasteiger partial charge in [-0.05, 0) is 29.1 Å². The number of para-hydroxylation sites is 2. The number of hydrogen-bond donors (Lipinski definition) is 2. The quantitative estimate of drug-likeness (QED) is 0.642. The number of thiophene rings is 1. The first-order chi connectivity index (χ1) is 14.7. The summed E-state index contributed by atoms with van der Waals surface area (Å²) >= 11 is 1.61. The van der Waals surface area contributed by atoms with Gasteiger partial charge < -0.3 is 20.3 Å². The third-order valence-electron chi connectivity index (χ3n) is 5.00. The molecule has 0 fully saturated rings. The first-order valence-electron chi connectivity index (χ1n) is 9.75. The van der Waals surface area contributed by atoms with E-state index in [2.05, 4.69) is 10.6 Å². The van der Waals surface area contributed by atoms with Gasteiger partial charge in [0.15, 0.2) is 6.10 Å². The lowest BCUT2D eigenvalue weighted by Gasteiger charge is -2.35. The SMILES string of the molecule is CNC(=O)[C@@H]1CN(CC(=O)N[C@@H](c2ccccc2)c2cccs2)c2ccccc2O1. The van der Waals surface area contributed by atoms with Gasteiger partial charge in [-0.3, -0.25) is 9.59 Å². The van der Waals surface area contributed by atoms with E-state index in [4.69, 9.17) is 4.74 Å². The second-order valence-electron chi connectivity index (χ2n) is 7.00. The van der Waals surface area contributed by atoms with Crippen molar-refractivity contribution in [1.82, 2.24) is 10.6 Å². The van der Waals surface area contributed by atoms with Crippen molar-refractivity contribution in [1.29, 1.82) is 0 Å². The molecule has 1 aliphatic heterocycles. The summed E-state index contributed by atoms with van der Waals surface area (Å²) in [4.78, 5) is 28.2. The van der Waals surface area contributed by atoms with E-state index in [9.17, 15) is 9.59 Å². The number of amides is 2. The van der Waals surface area contributed by atoms with Crippen LogP contribution < -0.4 is 20.3 Å². The maximum atomic E-state index is 13.1. The van der Waals surface area contributed by atoms with Crippen molar-refractivity contribution < 1.29 is 14.3 Å². The van der Waals surface area contributed by atoms with Crippen LogP contribution in [0, 0.1) is 0 Å². The summed E-state index contributed by atoms with van der Waals surface area (Å²) in [5.41, 5.74) is 1.83. The molecule has 2 amide bonds. The monoisotopic (exact) mass is 421 g/mol. The van der Waals surface area contributed by atoms with Crippen LogP contribution in [0.3, 0.4) is 0 Å². The summed E-state index contributed by atoms with van der Waals surface area (Å²) in [6, 6.07) is 21.2. The lowest BCUT2D eigenvalue weighted by Crippen LogP contribution is -2.50. The van der Waals surface area contributed by atoms with Gasteiger partial charge in [-0.2, -0.15) is 0 Å². The molecule has 0 radical (unpaired) electrons. The molecule has 1 aromatic heterocycles. The van der Waals surface area contributed by atoms with Crippen molar-refractivity contribution in [3.05, 3.63) is 82.6 Å². The van der Waals surface area contributed by atoms with E-state index in [1.165, 1.54) is 0 Å². The number of nitrogens with one attached hydrogen (secondary N) is 2. The van der Waals surface area contributed by atoms with E-state index in [1.54, 1.807) is 18.4 Å². The Hall–Kier alpha value is -3.32. The van der Waals surface area contributed by atoms with Gasteiger partial charge in [-0.1, -0.05) is 48.5 Å². The minimum atomic E-state index is -0.667. The number of carbonyl (C=O) groups is 2. The number of carbonyl (C=O) groups excluding carboxylic acids is 2. The summed E-state index contributed by atoms with van der Waals surface area (Å²) in [7, 11) is 1.58. The van der Waals surface area contributed by atoms with Gasteiger partial charge in [0.05, 0.1) is 24.8 Å². The van der Waals surface area contributed by atoms with Crippen LogP contribution in [-0.2, 0) is 9.59 Å². The van der Waals surface area contributed by atoms with E-state index >= 15 is 0 Å². The summed E-state index contributed by atoms with van der Waals surface area (Å²) in [5, 5.41) is 7.79. The van der Waals surface area contributed by atoms with Crippen molar-refractivity contribution in [2.45, 2.75) is 12.1 Å². The van der Waals surface area contributed by atoms with Crippen LogP contribution in [0.25, 0.3) is 0 Å². The van der Waals surface area contributed by atoms with Crippen LogP contribution in [0.1, 0.15) is 16.5 Å². The fraction of sp³-hybridized carbons (Fsp3) is 0.217. The Morgan fingerprint density at radius 2 is 1.87 bits per heavy atom. The van der Waals surface area contributed by atoms with E-state index in [0.29, 0.717) is 12.3 Å². The molecular formula is C23H23N3O3S. The van der Waals surface area contributed by atoms with Gasteiger partial charge in [0.1, 0.15) is 5.75 Å². The lowest BCUT2D eigenvalue weighted by atomic mass is 10.1. The van der Waals surface area contributed by atoms with Crippen molar-refractivity contribution in [2.24, 2.45) is 0 Å². The minimum Gasteiger partial charge on any atom is -0.477 e. The molecule has 2 aromatic carbocycles. The summed E-state index contributed by atoms with van der Waals surface area (Å²) in [5.74, 6) is 0.267. The highest BCUT2D eigenvalue weighted by Gasteiger charge is 2.31. The molecule has 2 atom stereocenters. The minimum absolute atomic E-state index is 0.121. The van der Waals surface area contributed by atoms with Gasteiger partial charge in [0, 0.05) is 11.9 Å². The Bertz CT molecular complexity index is 1010. The highest BCUT2D eigenvalue weighted by molar-refractivity contribution is 7.10. The third-order valence-corrected chi connectivity index (χ3v) is 5.94. The average Bonchev–Trinajstić information content (AvgIpc) is 3.32. The van der Waals surface area contributed by atoms with Gasteiger partial charge in [-0.25, -0.2) is 0 Å². The predicted molar refractivity (Wildman–Crippen MR) is 118 cm³/mol. The Labute approximate surface area is 179 Å². The average molecular weight is 422 g/mol. The number of benzene rings is 2. The van der Waals surface area contributed by atoms with Crippen molar-refractivity contribution in [2.75, 3.05) is 25.0 Å². The second-order valence-corrected chi connectivity index (χ2v) is 7.97. The molecule has 2 N–H and O–H groups in total. The molecule has 0 aliphatic carbocycles. The molecule has 6 nitrogen and oxygen atoms in total. The summed E-state index contributed by atoms with van der Waals surface area (Å²) < 4.78 is 5.82. The first kappa shape index (κ1) is 20.0. The highest BCUT2D eigenvalue weighted by atomic mass is 32.1. The number of hydrogen-bond acceptors (Lipinski definition) is 5. The molecule has 7 heteroatoms. The Morgan fingerprint density at radius 1 is 1.10 bits per heavy atom. The molecule has 30 heavy (non-hydrogen) atoms. The molecule has 3 aromatic rings. The Kier molecular flexibility index (Phi) is 5.99. The number of anilines is 1. The van der Waals surface area contributed by atoms with Crippen LogP contribution in [0.5, 0.6) is 5.75 Å². The fourth-order valence-corrected chi connectivity index (χ4v) is 4.36. The molecule has 0 spiro atoms. The standard InChI is InChI=1S/C23H23N3O3S/c1-24-23(28)19-14-26(17-10-5-6-11-18(17)29-19)15-21(27)25-22(20-12-7-13-30-20)16-8-3-2-4-9-16/h2-13,19,22H,14-15H2,1H3,(H,24,28)(H,25,27)/t19-,22-/m0/s1. The molecular weight excluding hydrogens is 398 g/mol. The van der Waals surface area contributed by atoms with Gasteiger partial charge >= 0.3 is 0 Å². The maximum absolute atomic E-state index is 13.1. The lowest BCUT2D eigenvalue weighted by molar-refractivity contribution is -0.127. The number of ether oxygens (including phenoxy) is 1. The van der Waals surface area contributed by atoms with Crippen LogP contribution in [-0.4, -0.2) is 38.1 Å². The molecule has 154 valence electrons. The molecule has 0 saturated heterocycles. The zero-order chi connectivity index (χ0) is 20.9. The predicted octanol–water partition coefficient (Wildman–Crippen LogP) is 2.97. The number of nitrogens with zero attached hydrogens (tertiary/aromatic N) is 1. The van der Waals surface area contributed by atoms with E-state index in [0.717, 1.165) is 16.1 Å². The number of likely N-dealkylation sites (N-methyl/N-ethyl adjacent to an activating group) is 1. The van der Waals surface area contributed by atoms with Gasteiger partial charge in [0.2, 0.25) is 5.91 Å². The Morgan fingerprint density at radius 3 is 2.60 bits per heavy atom. The molecule has 0 unspecified atom stereocenters. The fourth-order valence-electron chi connectivity index (χ4n) is 3.55. The van der Waals surface area contributed by atoms with E-state index in [1.807, 2.05) is 77.0 Å². The van der Waals surface area contributed by atoms with Crippen LogP contribution >= 0.6 is 11.3 Å². The molecule has 0 bridgehead atoms. The van der Waals surface area contributed by atoms with Crippen LogP contribution in [0.4, 0.5) is 5.69 Å². The number of rotatable bonds is 6. The van der Waals surface area contributed by atoms with Crippen molar-refractivity contribution in [3.8, 4) is 5.75 Å². The molecule has 4 rings (SSSR count). The molecule has 2 heterocycles. The van der Waals surface area contributed by atoms with E-state index < -0.39 is 6.10 Å². The summed E-state index contributed by atoms with van der Waals surface area (Å²) in [6.45, 7) is 0.432. The van der Waals surface area contributed by atoms with Gasteiger partial charge in [0.25, 0.3) is 5.91 Å². The highest BCUT2D eigenvalue weighted by Crippen LogP contribution is 2.33. The van der Waals surface area contributed by atoms with Crippen molar-refractivity contribution >= 4 is 28.8 Å².